The highest BCUT2D eigenvalue weighted by Gasteiger charge is 2.14. The fourth-order valence-electron chi connectivity index (χ4n) is 2.68. The summed E-state index contributed by atoms with van der Waals surface area (Å²) < 4.78 is 8.46. The van der Waals surface area contributed by atoms with E-state index in [9.17, 15) is 4.79 Å². The molecule has 25 heavy (non-hydrogen) atoms. The minimum absolute atomic E-state index is 0.297. The van der Waals surface area contributed by atoms with Crippen LogP contribution in [0.25, 0.3) is 5.69 Å². The Kier molecular flexibility index (Phi) is 4.65. The molecule has 0 fully saturated rings. The van der Waals surface area contributed by atoms with Gasteiger partial charge in [-0.25, -0.2) is 9.78 Å². The first-order valence-corrected chi connectivity index (χ1v) is 8.17. The number of nitrogens with zero attached hydrogens (tertiary/aromatic N) is 5. The van der Waals surface area contributed by atoms with E-state index in [4.69, 9.17) is 4.74 Å². The van der Waals surface area contributed by atoms with Gasteiger partial charge in [0.1, 0.15) is 6.61 Å². The van der Waals surface area contributed by atoms with Gasteiger partial charge < -0.3 is 4.74 Å². The molecule has 0 aliphatic carbocycles. The van der Waals surface area contributed by atoms with Crippen LogP contribution in [0.2, 0.25) is 0 Å². The lowest BCUT2D eigenvalue weighted by atomic mass is 10.1. The van der Waals surface area contributed by atoms with E-state index in [2.05, 4.69) is 28.4 Å². The van der Waals surface area contributed by atoms with Gasteiger partial charge in [0, 0.05) is 24.4 Å². The van der Waals surface area contributed by atoms with Gasteiger partial charge in [-0.05, 0) is 54.0 Å². The van der Waals surface area contributed by atoms with Crippen molar-refractivity contribution in [2.75, 3.05) is 0 Å². The summed E-state index contributed by atoms with van der Waals surface area (Å²) in [5.74, 6) is 0.619. The second-order valence-corrected chi connectivity index (χ2v) is 5.99. The maximum absolute atomic E-state index is 12.2. The molecule has 0 aliphatic heterocycles. The minimum atomic E-state index is -0.297. The van der Waals surface area contributed by atoms with Gasteiger partial charge in [0.15, 0.2) is 0 Å². The van der Waals surface area contributed by atoms with E-state index in [1.165, 1.54) is 9.36 Å². The number of pyridine rings is 1. The summed E-state index contributed by atoms with van der Waals surface area (Å²) >= 11 is 0. The molecule has 0 spiro atoms. The van der Waals surface area contributed by atoms with Gasteiger partial charge in [-0.1, -0.05) is 19.1 Å². The first kappa shape index (κ1) is 16.9. The summed E-state index contributed by atoms with van der Waals surface area (Å²) in [5.41, 5.74) is 4.44. The summed E-state index contributed by atoms with van der Waals surface area (Å²) in [5, 5.41) is 7.72. The lowest BCUT2D eigenvalue weighted by Gasteiger charge is -2.14. The lowest BCUT2D eigenvalue weighted by molar-refractivity contribution is 0.289. The van der Waals surface area contributed by atoms with Crippen LogP contribution in [-0.2, 0) is 20.1 Å². The second-order valence-electron chi connectivity index (χ2n) is 5.99. The molecule has 1 aromatic carbocycles. The van der Waals surface area contributed by atoms with E-state index in [1.54, 1.807) is 13.2 Å². The first-order chi connectivity index (χ1) is 12.0. The van der Waals surface area contributed by atoms with Crippen molar-refractivity contribution in [3.8, 4) is 11.6 Å². The third-order valence-electron chi connectivity index (χ3n) is 4.13. The number of rotatable bonds is 5. The molecule has 0 unspecified atom stereocenters. The van der Waals surface area contributed by atoms with Crippen molar-refractivity contribution in [2.45, 2.75) is 33.8 Å². The standard InChI is InChI=1S/C18H21N5O2/c1-5-14-9-12(2)10-19-17(14)25-11-15-13(3)7-6-8-16(15)23-18(24)22(4)20-21-23/h6-10H,5,11H2,1-4H3. The number of benzene rings is 1. The number of aromatic nitrogens is 5. The Morgan fingerprint density at radius 3 is 2.68 bits per heavy atom. The van der Waals surface area contributed by atoms with Crippen molar-refractivity contribution in [2.24, 2.45) is 7.05 Å². The van der Waals surface area contributed by atoms with Crippen LogP contribution < -0.4 is 10.4 Å². The predicted molar refractivity (Wildman–Crippen MR) is 94.0 cm³/mol. The Morgan fingerprint density at radius 1 is 1.20 bits per heavy atom. The zero-order chi connectivity index (χ0) is 18.0. The van der Waals surface area contributed by atoms with Crippen molar-refractivity contribution in [3.63, 3.8) is 0 Å². The maximum atomic E-state index is 12.2. The van der Waals surface area contributed by atoms with E-state index in [0.717, 1.165) is 28.7 Å². The average Bonchev–Trinajstić information content (AvgIpc) is 2.93. The Bertz CT molecular complexity index is 958. The molecule has 0 saturated carbocycles. The molecule has 0 atom stereocenters. The number of tetrazole rings is 1. The van der Waals surface area contributed by atoms with Gasteiger partial charge in [-0.15, -0.1) is 0 Å². The highest BCUT2D eigenvalue weighted by molar-refractivity contribution is 5.44. The van der Waals surface area contributed by atoms with Crippen molar-refractivity contribution in [1.82, 2.24) is 24.8 Å². The number of ether oxygens (including phenoxy) is 1. The summed E-state index contributed by atoms with van der Waals surface area (Å²) in [7, 11) is 1.57. The fourth-order valence-corrected chi connectivity index (χ4v) is 2.68. The smallest absolute Gasteiger partial charge is 0.368 e. The predicted octanol–water partition coefficient (Wildman–Crippen LogP) is 2.12. The zero-order valence-electron chi connectivity index (χ0n) is 14.9. The Morgan fingerprint density at radius 2 is 2.00 bits per heavy atom. The SMILES string of the molecule is CCc1cc(C)cnc1OCc1c(C)cccc1-n1nnn(C)c1=O. The normalized spacial score (nSPS) is 10.9. The monoisotopic (exact) mass is 339 g/mol. The van der Waals surface area contributed by atoms with E-state index in [-0.39, 0.29) is 5.69 Å². The van der Waals surface area contributed by atoms with Gasteiger partial charge in [0.2, 0.25) is 5.88 Å². The number of hydrogen-bond donors (Lipinski definition) is 0. The Balaban J connectivity index is 1.96. The van der Waals surface area contributed by atoms with E-state index in [0.29, 0.717) is 18.2 Å². The van der Waals surface area contributed by atoms with Gasteiger partial charge in [0.25, 0.3) is 0 Å². The molecule has 0 radical (unpaired) electrons. The van der Waals surface area contributed by atoms with Gasteiger partial charge in [0.05, 0.1) is 5.69 Å². The lowest BCUT2D eigenvalue weighted by Crippen LogP contribution is -2.23. The van der Waals surface area contributed by atoms with Gasteiger partial charge >= 0.3 is 5.69 Å². The molecular formula is C18H21N5O2. The molecule has 0 aliphatic rings. The molecule has 0 amide bonds. The van der Waals surface area contributed by atoms with Crippen LogP contribution in [0.5, 0.6) is 5.88 Å². The van der Waals surface area contributed by atoms with E-state index >= 15 is 0 Å². The molecule has 0 bridgehead atoms. The summed E-state index contributed by atoms with van der Waals surface area (Å²) in [6, 6.07) is 7.78. The Labute approximate surface area is 145 Å². The first-order valence-electron chi connectivity index (χ1n) is 8.17. The third-order valence-corrected chi connectivity index (χ3v) is 4.13. The quantitative estimate of drug-likeness (QED) is 0.712. The summed E-state index contributed by atoms with van der Waals surface area (Å²) in [6.45, 7) is 6.36. The van der Waals surface area contributed by atoms with Gasteiger partial charge in [-0.2, -0.15) is 9.36 Å². The molecule has 130 valence electrons. The minimum Gasteiger partial charge on any atom is -0.472 e. The Hall–Kier alpha value is -2.96. The summed E-state index contributed by atoms with van der Waals surface area (Å²) in [4.78, 5) is 16.6. The van der Waals surface area contributed by atoms with Crippen LogP contribution in [0.1, 0.15) is 29.2 Å². The van der Waals surface area contributed by atoms with Crippen molar-refractivity contribution < 1.29 is 4.74 Å². The molecule has 7 heteroatoms. The van der Waals surface area contributed by atoms with Crippen LogP contribution in [0.4, 0.5) is 0 Å². The molecule has 3 rings (SSSR count). The molecular weight excluding hydrogens is 318 g/mol. The number of aryl methyl sites for hydroxylation is 4. The topological polar surface area (TPSA) is 74.8 Å². The van der Waals surface area contributed by atoms with E-state index < -0.39 is 0 Å². The molecule has 7 nitrogen and oxygen atoms in total. The largest absolute Gasteiger partial charge is 0.472 e. The van der Waals surface area contributed by atoms with Crippen LogP contribution in [-0.4, -0.2) is 24.8 Å². The molecule has 2 heterocycles. The maximum Gasteiger partial charge on any atom is 0.368 e. The van der Waals surface area contributed by atoms with E-state index in [1.807, 2.05) is 32.0 Å². The molecule has 3 aromatic rings. The fraction of sp³-hybridized carbons (Fsp3) is 0.333. The highest BCUT2D eigenvalue weighted by Crippen LogP contribution is 2.22. The highest BCUT2D eigenvalue weighted by atomic mass is 16.5. The average molecular weight is 339 g/mol. The van der Waals surface area contributed by atoms with Crippen LogP contribution in [0.3, 0.4) is 0 Å². The van der Waals surface area contributed by atoms with Crippen molar-refractivity contribution >= 4 is 0 Å². The van der Waals surface area contributed by atoms with Crippen LogP contribution in [0.15, 0.2) is 35.3 Å². The second kappa shape index (κ2) is 6.88. The number of hydrogen-bond acceptors (Lipinski definition) is 5. The van der Waals surface area contributed by atoms with Crippen LogP contribution >= 0.6 is 0 Å². The third kappa shape index (κ3) is 3.31. The zero-order valence-corrected chi connectivity index (χ0v) is 14.9. The summed E-state index contributed by atoms with van der Waals surface area (Å²) in [6.07, 6.45) is 2.63. The molecule has 2 aromatic heterocycles. The van der Waals surface area contributed by atoms with Crippen molar-refractivity contribution in [1.29, 1.82) is 0 Å². The van der Waals surface area contributed by atoms with Crippen LogP contribution in [0, 0.1) is 13.8 Å². The van der Waals surface area contributed by atoms with Gasteiger partial charge in [-0.3, -0.25) is 0 Å². The van der Waals surface area contributed by atoms with Crippen molar-refractivity contribution in [3.05, 3.63) is 63.2 Å². The molecule has 0 N–H and O–H groups in total. The molecule has 0 saturated heterocycles.